The van der Waals surface area contributed by atoms with Gasteiger partial charge in [-0.3, -0.25) is 5.01 Å². The molecule has 3 aliphatic heterocycles. The van der Waals surface area contributed by atoms with Crippen molar-refractivity contribution in [3.63, 3.8) is 0 Å². The Kier molecular flexibility index (Phi) is 3.42. The molecule has 1 N–H and O–H groups in total. The summed E-state index contributed by atoms with van der Waals surface area (Å²) >= 11 is 0. The van der Waals surface area contributed by atoms with Gasteiger partial charge in [-0.2, -0.15) is 0 Å². The Bertz CT molecular complexity index is 775. The zero-order valence-electron chi connectivity index (χ0n) is 13.9. The van der Waals surface area contributed by atoms with Crippen molar-refractivity contribution in [2.75, 3.05) is 42.8 Å². The van der Waals surface area contributed by atoms with E-state index in [9.17, 15) is 0 Å². The van der Waals surface area contributed by atoms with Crippen molar-refractivity contribution in [1.82, 2.24) is 30.4 Å². The molecule has 2 aromatic heterocycles. The first-order valence-electron chi connectivity index (χ1n) is 8.56. The molecule has 0 atom stereocenters. The summed E-state index contributed by atoms with van der Waals surface area (Å²) in [5.41, 5.74) is 4.74. The second kappa shape index (κ2) is 5.78. The summed E-state index contributed by atoms with van der Waals surface area (Å²) < 4.78 is 7.24. The maximum Gasteiger partial charge on any atom is 0.152 e. The van der Waals surface area contributed by atoms with Crippen molar-refractivity contribution in [1.29, 1.82) is 0 Å². The molecule has 0 aromatic carbocycles. The second-order valence-electron chi connectivity index (χ2n) is 6.88. The smallest absolute Gasteiger partial charge is 0.152 e. The highest BCUT2D eigenvalue weighted by atomic mass is 16.5. The monoisotopic (exact) mass is 340 g/mol. The number of anilines is 2. The Hall–Kier alpha value is -2.52. The highest BCUT2D eigenvalue weighted by Gasteiger charge is 2.44. The minimum atomic E-state index is 0.426. The van der Waals surface area contributed by atoms with Crippen LogP contribution in [-0.4, -0.2) is 57.8 Å². The van der Waals surface area contributed by atoms with E-state index in [2.05, 4.69) is 30.6 Å². The maximum atomic E-state index is 5.49. The normalized spacial score (nSPS) is 22.2. The van der Waals surface area contributed by atoms with Gasteiger partial charge in [0, 0.05) is 44.0 Å². The van der Waals surface area contributed by atoms with Crippen LogP contribution >= 0.6 is 0 Å². The van der Waals surface area contributed by atoms with Crippen molar-refractivity contribution in [2.24, 2.45) is 5.41 Å². The zero-order valence-corrected chi connectivity index (χ0v) is 13.9. The predicted octanol–water partition coefficient (Wildman–Crippen LogP) is 0.508. The molecule has 0 unspecified atom stereocenters. The third-order valence-electron chi connectivity index (χ3n) is 5.24. The van der Waals surface area contributed by atoms with Crippen LogP contribution in [-0.2, 0) is 4.74 Å². The predicted molar refractivity (Wildman–Crippen MR) is 91.5 cm³/mol. The summed E-state index contributed by atoms with van der Waals surface area (Å²) in [5.74, 6) is 1.81. The van der Waals surface area contributed by atoms with Crippen molar-refractivity contribution in [2.45, 2.75) is 12.8 Å². The molecule has 3 aliphatic rings. The number of rotatable bonds is 3. The van der Waals surface area contributed by atoms with Gasteiger partial charge < -0.3 is 9.64 Å². The summed E-state index contributed by atoms with van der Waals surface area (Å²) in [4.78, 5) is 11.2. The number of ether oxygens (including phenoxy) is 1. The molecule has 0 aliphatic carbocycles. The van der Waals surface area contributed by atoms with Gasteiger partial charge in [-0.15, -0.1) is 5.10 Å². The summed E-state index contributed by atoms with van der Waals surface area (Å²) in [6.07, 6.45) is 9.41. The van der Waals surface area contributed by atoms with Crippen molar-refractivity contribution < 1.29 is 4.74 Å². The molecule has 9 heteroatoms. The molecule has 0 saturated carbocycles. The SMILES string of the molecule is C1=C(n2ccnn2)CNN1c1cc(N2CC3(CCOCC3)C2)ncn1. The lowest BCUT2D eigenvalue weighted by Gasteiger charge is -2.52. The van der Waals surface area contributed by atoms with Gasteiger partial charge in [0.2, 0.25) is 0 Å². The Morgan fingerprint density at radius 2 is 1.96 bits per heavy atom. The van der Waals surface area contributed by atoms with Gasteiger partial charge in [0.05, 0.1) is 24.6 Å². The minimum Gasteiger partial charge on any atom is -0.381 e. The molecule has 2 fully saturated rings. The number of nitrogens with one attached hydrogen (secondary N) is 1. The lowest BCUT2D eigenvalue weighted by Crippen LogP contribution is -2.58. The van der Waals surface area contributed by atoms with E-state index in [0.717, 1.165) is 56.5 Å². The Balaban J connectivity index is 1.31. The zero-order chi connectivity index (χ0) is 16.7. The van der Waals surface area contributed by atoms with Gasteiger partial charge in [0.1, 0.15) is 12.1 Å². The quantitative estimate of drug-likeness (QED) is 0.865. The Morgan fingerprint density at radius 3 is 2.76 bits per heavy atom. The van der Waals surface area contributed by atoms with Crippen LogP contribution in [0.15, 0.2) is 31.0 Å². The van der Waals surface area contributed by atoms with Crippen LogP contribution in [0.1, 0.15) is 12.8 Å². The first-order chi connectivity index (χ1) is 12.3. The number of nitrogens with zero attached hydrogens (tertiary/aromatic N) is 7. The molecule has 25 heavy (non-hydrogen) atoms. The molecule has 2 aromatic rings. The summed E-state index contributed by atoms with van der Waals surface area (Å²) in [7, 11) is 0. The second-order valence-corrected chi connectivity index (χ2v) is 6.88. The average Bonchev–Trinajstić information content (AvgIpc) is 3.32. The van der Waals surface area contributed by atoms with Gasteiger partial charge in [0.25, 0.3) is 0 Å². The molecule has 0 bridgehead atoms. The summed E-state index contributed by atoms with van der Waals surface area (Å²) in [6, 6.07) is 2.03. The number of aromatic nitrogens is 5. The van der Waals surface area contributed by atoms with Crippen LogP contribution in [0.4, 0.5) is 11.6 Å². The molecule has 0 amide bonds. The standard InChI is InChI=1S/C16H20N8O/c1-5-25-6-2-16(1)10-22(11-16)14-7-15(18-12-17-14)24-9-13(8-20-24)23-4-3-19-21-23/h3-4,7,9,12,20H,1-2,5-6,8,10-11H2. The van der Waals surface area contributed by atoms with E-state index in [0.29, 0.717) is 12.0 Å². The lowest BCUT2D eigenvalue weighted by atomic mass is 9.73. The molecule has 2 saturated heterocycles. The van der Waals surface area contributed by atoms with Gasteiger partial charge in [-0.25, -0.2) is 20.1 Å². The third kappa shape index (κ3) is 2.65. The van der Waals surface area contributed by atoms with Gasteiger partial charge in [-0.1, -0.05) is 5.21 Å². The van der Waals surface area contributed by atoms with Crippen LogP contribution in [0.2, 0.25) is 0 Å². The van der Waals surface area contributed by atoms with E-state index >= 15 is 0 Å². The highest BCUT2D eigenvalue weighted by Crippen LogP contribution is 2.41. The van der Waals surface area contributed by atoms with E-state index in [1.165, 1.54) is 0 Å². The first kappa shape index (κ1) is 14.8. The van der Waals surface area contributed by atoms with E-state index < -0.39 is 0 Å². The number of hydrogen-bond donors (Lipinski definition) is 1. The van der Waals surface area contributed by atoms with Crippen molar-refractivity contribution in [3.05, 3.63) is 31.0 Å². The molecule has 130 valence electrons. The van der Waals surface area contributed by atoms with Crippen LogP contribution < -0.4 is 15.3 Å². The van der Waals surface area contributed by atoms with E-state index in [1.807, 2.05) is 23.5 Å². The van der Waals surface area contributed by atoms with Crippen molar-refractivity contribution in [3.8, 4) is 0 Å². The van der Waals surface area contributed by atoms with Crippen molar-refractivity contribution >= 4 is 17.3 Å². The number of hydrazine groups is 1. The maximum absolute atomic E-state index is 5.49. The van der Waals surface area contributed by atoms with Crippen LogP contribution in [0, 0.1) is 5.41 Å². The van der Waals surface area contributed by atoms with E-state index in [4.69, 9.17) is 4.74 Å². The van der Waals surface area contributed by atoms with E-state index in [1.54, 1.807) is 17.2 Å². The molecule has 1 spiro atoms. The highest BCUT2D eigenvalue weighted by molar-refractivity contribution is 5.60. The molecular weight excluding hydrogens is 320 g/mol. The van der Waals surface area contributed by atoms with E-state index in [-0.39, 0.29) is 0 Å². The Morgan fingerprint density at radius 1 is 1.12 bits per heavy atom. The van der Waals surface area contributed by atoms with Gasteiger partial charge in [-0.05, 0) is 12.8 Å². The lowest BCUT2D eigenvalue weighted by molar-refractivity contribution is -0.000459. The minimum absolute atomic E-state index is 0.426. The molecule has 5 heterocycles. The fourth-order valence-corrected chi connectivity index (χ4v) is 3.74. The molecule has 0 radical (unpaired) electrons. The molecular formula is C16H20N8O. The fraction of sp³-hybridized carbons (Fsp3) is 0.500. The number of hydrogen-bond acceptors (Lipinski definition) is 8. The first-order valence-corrected chi connectivity index (χ1v) is 8.56. The van der Waals surface area contributed by atoms with Crippen LogP contribution in [0.5, 0.6) is 0 Å². The van der Waals surface area contributed by atoms with Gasteiger partial charge >= 0.3 is 0 Å². The Labute approximate surface area is 145 Å². The topological polar surface area (TPSA) is 84.2 Å². The summed E-state index contributed by atoms with van der Waals surface area (Å²) in [6.45, 7) is 4.56. The third-order valence-corrected chi connectivity index (χ3v) is 5.24. The average molecular weight is 340 g/mol. The molecule has 9 nitrogen and oxygen atoms in total. The fourth-order valence-electron chi connectivity index (χ4n) is 3.74. The summed E-state index contributed by atoms with van der Waals surface area (Å²) in [5, 5.41) is 9.78. The van der Waals surface area contributed by atoms with Gasteiger partial charge in [0.15, 0.2) is 5.82 Å². The van der Waals surface area contributed by atoms with Crippen LogP contribution in [0.3, 0.4) is 0 Å². The largest absolute Gasteiger partial charge is 0.381 e. The molecule has 5 rings (SSSR count). The van der Waals surface area contributed by atoms with Crippen LogP contribution in [0.25, 0.3) is 5.70 Å².